The van der Waals surface area contributed by atoms with Crippen LogP contribution in [0, 0.1) is 0 Å². The van der Waals surface area contributed by atoms with Gasteiger partial charge in [-0.15, -0.1) is 0 Å². The Balaban J connectivity index is 1.43. The van der Waals surface area contributed by atoms with Gasteiger partial charge in [0.05, 0.1) is 18.8 Å². The normalized spacial score (nSPS) is 19.1. The van der Waals surface area contributed by atoms with Crippen molar-refractivity contribution in [3.8, 4) is 0 Å². The molecule has 1 atom stereocenters. The Kier molecular flexibility index (Phi) is 4.68. The summed E-state index contributed by atoms with van der Waals surface area (Å²) >= 11 is 0. The number of carbonyl (C=O) groups is 4. The lowest BCUT2D eigenvalue weighted by molar-refractivity contribution is -0.144. The molecule has 4 rings (SSSR count). The molecule has 0 unspecified atom stereocenters. The summed E-state index contributed by atoms with van der Waals surface area (Å²) in [5.74, 6) is -2.07. The van der Waals surface area contributed by atoms with Crippen LogP contribution in [0.15, 0.2) is 47.1 Å². The second kappa shape index (κ2) is 7.30. The number of aryl methyl sites for hydroxylation is 1. The van der Waals surface area contributed by atoms with Crippen LogP contribution in [0.2, 0.25) is 0 Å². The van der Waals surface area contributed by atoms with Gasteiger partial charge in [0.15, 0.2) is 0 Å². The first-order valence-corrected chi connectivity index (χ1v) is 9.11. The second-order valence-electron chi connectivity index (χ2n) is 6.86. The molecule has 1 saturated heterocycles. The van der Waals surface area contributed by atoms with E-state index in [1.807, 2.05) is 24.3 Å². The minimum atomic E-state index is -1.00. The maximum absolute atomic E-state index is 12.5. The van der Waals surface area contributed by atoms with E-state index in [4.69, 9.17) is 4.42 Å². The van der Waals surface area contributed by atoms with Gasteiger partial charge >= 0.3 is 17.8 Å². The number of nitrogens with one attached hydrogen (secondary N) is 1. The molecule has 0 saturated carbocycles. The largest absolute Gasteiger partial charge is 0.467 e. The third-order valence-electron chi connectivity index (χ3n) is 5.04. The van der Waals surface area contributed by atoms with Crippen molar-refractivity contribution in [2.45, 2.75) is 31.8 Å². The minimum Gasteiger partial charge on any atom is -0.467 e. The van der Waals surface area contributed by atoms with Crippen molar-refractivity contribution >= 4 is 23.8 Å². The van der Waals surface area contributed by atoms with E-state index < -0.39 is 30.3 Å². The van der Waals surface area contributed by atoms with Crippen molar-refractivity contribution in [3.63, 3.8) is 0 Å². The van der Waals surface area contributed by atoms with Crippen LogP contribution in [-0.2, 0) is 27.3 Å². The number of urea groups is 1. The smallest absolute Gasteiger partial charge is 0.335 e. The predicted octanol–water partition coefficient (Wildman–Crippen LogP) is 1.76. The Morgan fingerprint density at radius 2 is 1.86 bits per heavy atom. The number of fused-ring (bicyclic) bond motifs is 1. The zero-order valence-corrected chi connectivity index (χ0v) is 15.1. The Labute approximate surface area is 161 Å². The highest BCUT2D eigenvalue weighted by atomic mass is 16.3. The molecule has 144 valence electrons. The van der Waals surface area contributed by atoms with Gasteiger partial charge < -0.3 is 9.73 Å². The number of furan rings is 1. The lowest BCUT2D eigenvalue weighted by atomic mass is 9.88. The lowest BCUT2D eigenvalue weighted by Gasteiger charge is -2.27. The van der Waals surface area contributed by atoms with Crippen LogP contribution < -0.4 is 5.32 Å². The van der Waals surface area contributed by atoms with Crippen molar-refractivity contribution in [3.05, 3.63) is 59.5 Å². The van der Waals surface area contributed by atoms with Crippen molar-refractivity contribution < 1.29 is 23.6 Å². The van der Waals surface area contributed by atoms with E-state index in [9.17, 15) is 19.2 Å². The van der Waals surface area contributed by atoms with Crippen LogP contribution in [0.3, 0.4) is 0 Å². The van der Waals surface area contributed by atoms with Crippen molar-refractivity contribution in [2.75, 3.05) is 6.54 Å². The summed E-state index contributed by atoms with van der Waals surface area (Å²) in [7, 11) is 0. The van der Waals surface area contributed by atoms with Crippen molar-refractivity contribution in [1.29, 1.82) is 0 Å². The molecule has 1 fully saturated rings. The van der Waals surface area contributed by atoms with Gasteiger partial charge in [-0.3, -0.25) is 14.4 Å². The number of carbonyl (C=O) groups excluding carboxylic acids is 4. The summed E-state index contributed by atoms with van der Waals surface area (Å²) in [6.07, 6.45) is 4.10. The highest BCUT2D eigenvalue weighted by molar-refractivity contribution is 6.44. The number of hydrogen-bond acceptors (Lipinski definition) is 5. The first-order valence-electron chi connectivity index (χ1n) is 9.11. The summed E-state index contributed by atoms with van der Waals surface area (Å²) in [6.45, 7) is -0.638. The molecule has 1 aliphatic carbocycles. The van der Waals surface area contributed by atoms with Gasteiger partial charge in [-0.05, 0) is 42.5 Å². The molecule has 0 radical (unpaired) electrons. The highest BCUT2D eigenvalue weighted by Crippen LogP contribution is 2.29. The molecule has 1 N–H and O–H groups in total. The Hall–Kier alpha value is -3.42. The van der Waals surface area contributed by atoms with Crippen LogP contribution in [0.25, 0.3) is 0 Å². The monoisotopic (exact) mass is 381 g/mol. The first kappa shape index (κ1) is 18.0. The minimum absolute atomic E-state index is 0.148. The Morgan fingerprint density at radius 3 is 2.64 bits per heavy atom. The fraction of sp³-hybridized carbons (Fsp3) is 0.300. The third-order valence-corrected chi connectivity index (χ3v) is 5.04. The summed E-state index contributed by atoms with van der Waals surface area (Å²) in [4.78, 5) is 50.7. The average molecular weight is 381 g/mol. The molecule has 0 spiro atoms. The molecule has 2 aromatic rings. The molecule has 8 heteroatoms. The number of amides is 5. The second-order valence-corrected chi connectivity index (χ2v) is 6.86. The molecule has 2 heterocycles. The fourth-order valence-electron chi connectivity index (χ4n) is 3.68. The Bertz CT molecular complexity index is 937. The summed E-state index contributed by atoms with van der Waals surface area (Å²) in [5, 5.41) is 2.88. The zero-order valence-electron chi connectivity index (χ0n) is 15.1. The predicted molar refractivity (Wildman–Crippen MR) is 96.6 cm³/mol. The van der Waals surface area contributed by atoms with E-state index in [0.29, 0.717) is 10.7 Å². The molecule has 0 bridgehead atoms. The molecule has 1 aliphatic heterocycles. The Morgan fingerprint density at radius 1 is 1.07 bits per heavy atom. The first-order chi connectivity index (χ1) is 13.5. The lowest BCUT2D eigenvalue weighted by Crippen LogP contribution is -2.43. The molecular weight excluding hydrogens is 362 g/mol. The third kappa shape index (κ3) is 3.28. The van der Waals surface area contributed by atoms with Crippen LogP contribution in [0.5, 0.6) is 0 Å². The molecule has 1 aromatic carbocycles. The summed E-state index contributed by atoms with van der Waals surface area (Å²) < 4.78 is 5.12. The molecule has 8 nitrogen and oxygen atoms in total. The standard InChI is InChI=1S/C20H19N3O5/c24-17(21-16-9-3-6-13-5-1-2-8-15(13)16)12-23-19(26)18(25)22(20(23)27)11-14-7-4-10-28-14/h1-2,4-5,7-8,10,16H,3,6,9,11-12H2,(H,21,24)/t16-/m1/s1. The maximum Gasteiger partial charge on any atom is 0.335 e. The van der Waals surface area contributed by atoms with E-state index in [2.05, 4.69) is 5.32 Å². The van der Waals surface area contributed by atoms with E-state index in [1.165, 1.54) is 11.8 Å². The number of hydrogen-bond donors (Lipinski definition) is 1. The van der Waals surface area contributed by atoms with Crippen molar-refractivity contribution in [2.24, 2.45) is 0 Å². The van der Waals surface area contributed by atoms with Gasteiger partial charge in [0.25, 0.3) is 0 Å². The molecular formula is C20H19N3O5. The fourth-order valence-corrected chi connectivity index (χ4v) is 3.68. The maximum atomic E-state index is 12.5. The van der Waals surface area contributed by atoms with Gasteiger partial charge in [-0.1, -0.05) is 24.3 Å². The van der Waals surface area contributed by atoms with Crippen LogP contribution in [-0.4, -0.2) is 40.1 Å². The number of imide groups is 2. The van der Waals surface area contributed by atoms with E-state index in [0.717, 1.165) is 29.7 Å². The van der Waals surface area contributed by atoms with Gasteiger partial charge in [-0.25, -0.2) is 14.6 Å². The van der Waals surface area contributed by atoms with Crippen LogP contribution >= 0.6 is 0 Å². The van der Waals surface area contributed by atoms with Gasteiger partial charge in [0.1, 0.15) is 12.3 Å². The molecule has 1 aromatic heterocycles. The quantitative estimate of drug-likeness (QED) is 0.628. The topological polar surface area (TPSA) is 99.9 Å². The zero-order chi connectivity index (χ0) is 19.7. The molecule has 5 amide bonds. The molecule has 2 aliphatic rings. The number of rotatable bonds is 5. The summed E-state index contributed by atoms with van der Waals surface area (Å²) in [6, 6.07) is 10.1. The SMILES string of the molecule is O=C(CN1C(=O)C(=O)N(Cc2ccco2)C1=O)N[C@@H]1CCCc2ccccc21. The van der Waals surface area contributed by atoms with E-state index >= 15 is 0 Å². The average Bonchev–Trinajstić information content (AvgIpc) is 3.28. The van der Waals surface area contributed by atoms with Crippen molar-refractivity contribution in [1.82, 2.24) is 15.1 Å². The van der Waals surface area contributed by atoms with Gasteiger partial charge in [-0.2, -0.15) is 0 Å². The van der Waals surface area contributed by atoms with Crippen LogP contribution in [0.4, 0.5) is 4.79 Å². The summed E-state index contributed by atoms with van der Waals surface area (Å²) in [5.41, 5.74) is 2.24. The highest BCUT2D eigenvalue weighted by Gasteiger charge is 2.45. The van der Waals surface area contributed by atoms with Gasteiger partial charge in [0.2, 0.25) is 5.91 Å². The number of benzene rings is 1. The van der Waals surface area contributed by atoms with Crippen LogP contribution in [0.1, 0.15) is 35.8 Å². The van der Waals surface area contributed by atoms with E-state index in [-0.39, 0.29) is 12.6 Å². The van der Waals surface area contributed by atoms with Gasteiger partial charge in [0, 0.05) is 0 Å². The number of nitrogens with zero attached hydrogens (tertiary/aromatic N) is 2. The van der Waals surface area contributed by atoms with E-state index in [1.54, 1.807) is 12.1 Å². The molecule has 28 heavy (non-hydrogen) atoms.